The molecule has 1 aliphatic rings. The number of para-hydroxylation sites is 1. The average molecular weight is 257 g/mol. The number of imide groups is 1. The van der Waals surface area contributed by atoms with Gasteiger partial charge in [0.2, 0.25) is 11.8 Å². The molecule has 1 aromatic heterocycles. The fourth-order valence-corrected chi connectivity index (χ4v) is 2.25. The zero-order chi connectivity index (χ0) is 13.4. The Kier molecular flexibility index (Phi) is 2.63. The van der Waals surface area contributed by atoms with Crippen molar-refractivity contribution in [2.24, 2.45) is 0 Å². The number of aromatic nitrogens is 2. The minimum Gasteiger partial charge on any atom is -0.295 e. The summed E-state index contributed by atoms with van der Waals surface area (Å²) in [6, 6.07) is 6.30. The highest BCUT2D eigenvalue weighted by molar-refractivity contribution is 5.99. The standard InChI is InChI=1S/C13H11N3O3/c17-11-6-5-10(12(18)15-11)16-7-14-9-4-2-1-3-8(9)13(16)19/h1-4,7,10H,5-6H2,(H,15,17,18)/t10-/m0/s1. The highest BCUT2D eigenvalue weighted by atomic mass is 16.2. The SMILES string of the molecule is O=C1CC[C@H](n2cnc3ccccc3c2=O)C(=O)N1. The number of carbonyl (C=O) groups excluding carboxylic acids is 2. The molecule has 2 amide bonds. The molecule has 2 heterocycles. The van der Waals surface area contributed by atoms with E-state index in [0.717, 1.165) is 0 Å². The van der Waals surface area contributed by atoms with E-state index in [4.69, 9.17) is 0 Å². The second-order valence-corrected chi connectivity index (χ2v) is 4.44. The first-order valence-electron chi connectivity index (χ1n) is 5.96. The fraction of sp³-hybridized carbons (Fsp3) is 0.231. The second-order valence-electron chi connectivity index (χ2n) is 4.44. The van der Waals surface area contributed by atoms with Crippen molar-refractivity contribution in [3.8, 4) is 0 Å². The number of amides is 2. The number of rotatable bonds is 1. The van der Waals surface area contributed by atoms with E-state index in [1.807, 2.05) is 0 Å². The molecular weight excluding hydrogens is 246 g/mol. The number of fused-ring (bicyclic) bond motifs is 1. The van der Waals surface area contributed by atoms with Crippen LogP contribution < -0.4 is 10.9 Å². The van der Waals surface area contributed by atoms with E-state index in [-0.39, 0.29) is 17.9 Å². The van der Waals surface area contributed by atoms with Crippen LogP contribution in [-0.4, -0.2) is 21.4 Å². The lowest BCUT2D eigenvalue weighted by molar-refractivity contribution is -0.135. The smallest absolute Gasteiger partial charge is 0.261 e. The average Bonchev–Trinajstić information content (AvgIpc) is 2.41. The van der Waals surface area contributed by atoms with Crippen LogP contribution in [0.15, 0.2) is 35.4 Å². The summed E-state index contributed by atoms with van der Waals surface area (Å²) in [5, 5.41) is 2.71. The molecule has 1 aromatic carbocycles. The van der Waals surface area contributed by atoms with Gasteiger partial charge in [0, 0.05) is 6.42 Å². The van der Waals surface area contributed by atoms with Crippen LogP contribution in [0.1, 0.15) is 18.9 Å². The van der Waals surface area contributed by atoms with Crippen LogP contribution in [0.3, 0.4) is 0 Å². The van der Waals surface area contributed by atoms with E-state index in [9.17, 15) is 14.4 Å². The van der Waals surface area contributed by atoms with Gasteiger partial charge in [-0.3, -0.25) is 24.3 Å². The minimum atomic E-state index is -0.665. The van der Waals surface area contributed by atoms with Gasteiger partial charge < -0.3 is 0 Å². The molecule has 0 unspecified atom stereocenters. The minimum absolute atomic E-state index is 0.232. The number of nitrogens with one attached hydrogen (secondary N) is 1. The Morgan fingerprint density at radius 2 is 2.00 bits per heavy atom. The monoisotopic (exact) mass is 257 g/mol. The Morgan fingerprint density at radius 3 is 2.79 bits per heavy atom. The van der Waals surface area contributed by atoms with Crippen molar-refractivity contribution in [1.29, 1.82) is 0 Å². The zero-order valence-corrected chi connectivity index (χ0v) is 10.00. The summed E-state index contributed by atoms with van der Waals surface area (Å²) in [6.07, 6.45) is 1.92. The van der Waals surface area contributed by atoms with Gasteiger partial charge >= 0.3 is 0 Å². The van der Waals surface area contributed by atoms with Crippen LogP contribution in [0, 0.1) is 0 Å². The maximum atomic E-state index is 12.3. The van der Waals surface area contributed by atoms with Crippen molar-refractivity contribution in [3.63, 3.8) is 0 Å². The van der Waals surface area contributed by atoms with Crippen molar-refractivity contribution >= 4 is 22.7 Å². The molecule has 0 radical (unpaired) electrons. The number of benzene rings is 1. The van der Waals surface area contributed by atoms with Gasteiger partial charge in [0.1, 0.15) is 6.04 Å². The molecule has 6 nitrogen and oxygen atoms in total. The molecule has 6 heteroatoms. The van der Waals surface area contributed by atoms with Gasteiger partial charge in [-0.25, -0.2) is 4.98 Å². The highest BCUT2D eigenvalue weighted by Crippen LogP contribution is 2.17. The quantitative estimate of drug-likeness (QED) is 0.748. The molecule has 1 saturated heterocycles. The first kappa shape index (κ1) is 11.6. The van der Waals surface area contributed by atoms with Crippen LogP contribution in [0.2, 0.25) is 0 Å². The van der Waals surface area contributed by atoms with Crippen molar-refractivity contribution in [2.75, 3.05) is 0 Å². The van der Waals surface area contributed by atoms with E-state index < -0.39 is 11.9 Å². The molecule has 0 saturated carbocycles. The van der Waals surface area contributed by atoms with Crippen LogP contribution in [-0.2, 0) is 9.59 Å². The third kappa shape index (κ3) is 1.91. The molecular formula is C13H11N3O3. The van der Waals surface area contributed by atoms with E-state index in [0.29, 0.717) is 17.3 Å². The normalized spacial score (nSPS) is 19.5. The molecule has 1 fully saturated rings. The predicted octanol–water partition coefficient (Wildman–Crippen LogP) is 0.374. The first-order valence-corrected chi connectivity index (χ1v) is 5.96. The highest BCUT2D eigenvalue weighted by Gasteiger charge is 2.28. The van der Waals surface area contributed by atoms with E-state index in [1.165, 1.54) is 10.9 Å². The molecule has 96 valence electrons. The van der Waals surface area contributed by atoms with Crippen LogP contribution in [0.5, 0.6) is 0 Å². The summed E-state index contributed by atoms with van der Waals surface area (Å²) in [5.74, 6) is -0.751. The molecule has 1 atom stereocenters. The van der Waals surface area contributed by atoms with Gasteiger partial charge in [-0.15, -0.1) is 0 Å². The Balaban J connectivity index is 2.11. The number of carbonyl (C=O) groups is 2. The predicted molar refractivity (Wildman–Crippen MR) is 67.4 cm³/mol. The summed E-state index contributed by atoms with van der Waals surface area (Å²) in [7, 11) is 0. The third-order valence-electron chi connectivity index (χ3n) is 3.24. The van der Waals surface area contributed by atoms with E-state index in [1.54, 1.807) is 24.3 Å². The summed E-state index contributed by atoms with van der Waals surface area (Å²) in [6.45, 7) is 0. The molecule has 2 aromatic rings. The number of piperidine rings is 1. The maximum absolute atomic E-state index is 12.3. The Hall–Kier alpha value is -2.50. The summed E-state index contributed by atoms with van der Waals surface area (Å²) in [5.41, 5.74) is 0.330. The molecule has 0 spiro atoms. The Bertz CT molecular complexity index is 735. The lowest BCUT2D eigenvalue weighted by Gasteiger charge is -2.22. The van der Waals surface area contributed by atoms with Gasteiger partial charge in [-0.1, -0.05) is 12.1 Å². The van der Waals surface area contributed by atoms with Gasteiger partial charge in [-0.05, 0) is 18.6 Å². The molecule has 1 aliphatic heterocycles. The molecule has 3 rings (SSSR count). The van der Waals surface area contributed by atoms with Crippen LogP contribution in [0.4, 0.5) is 0 Å². The van der Waals surface area contributed by atoms with Gasteiger partial charge in [0.05, 0.1) is 17.2 Å². The Morgan fingerprint density at radius 1 is 1.21 bits per heavy atom. The van der Waals surface area contributed by atoms with Gasteiger partial charge in [0.25, 0.3) is 5.56 Å². The largest absolute Gasteiger partial charge is 0.295 e. The topological polar surface area (TPSA) is 81.1 Å². The van der Waals surface area contributed by atoms with Gasteiger partial charge in [-0.2, -0.15) is 0 Å². The molecule has 0 aliphatic carbocycles. The number of hydrogen-bond donors (Lipinski definition) is 1. The lowest BCUT2D eigenvalue weighted by atomic mass is 10.1. The second kappa shape index (κ2) is 4.31. The molecule has 1 N–H and O–H groups in total. The van der Waals surface area contributed by atoms with Crippen LogP contribution >= 0.6 is 0 Å². The van der Waals surface area contributed by atoms with E-state index >= 15 is 0 Å². The summed E-state index contributed by atoms with van der Waals surface area (Å²) in [4.78, 5) is 39.4. The van der Waals surface area contributed by atoms with E-state index in [2.05, 4.69) is 10.3 Å². The van der Waals surface area contributed by atoms with Crippen molar-refractivity contribution < 1.29 is 9.59 Å². The summed E-state index contributed by atoms with van der Waals surface area (Å²) >= 11 is 0. The number of nitrogens with zero attached hydrogens (tertiary/aromatic N) is 2. The number of hydrogen-bond acceptors (Lipinski definition) is 4. The van der Waals surface area contributed by atoms with Crippen LogP contribution in [0.25, 0.3) is 10.9 Å². The van der Waals surface area contributed by atoms with Crippen molar-refractivity contribution in [1.82, 2.24) is 14.9 Å². The zero-order valence-electron chi connectivity index (χ0n) is 10.00. The Labute approximate surface area is 108 Å². The summed E-state index contributed by atoms with van der Waals surface area (Å²) < 4.78 is 1.30. The fourth-order valence-electron chi connectivity index (χ4n) is 2.25. The molecule has 19 heavy (non-hydrogen) atoms. The lowest BCUT2D eigenvalue weighted by Crippen LogP contribution is -2.44. The van der Waals surface area contributed by atoms with Gasteiger partial charge in [0.15, 0.2) is 0 Å². The maximum Gasteiger partial charge on any atom is 0.261 e. The van der Waals surface area contributed by atoms with Crippen molar-refractivity contribution in [2.45, 2.75) is 18.9 Å². The third-order valence-corrected chi connectivity index (χ3v) is 3.24. The molecule has 0 bridgehead atoms. The first-order chi connectivity index (χ1) is 9.16. The van der Waals surface area contributed by atoms with Crippen molar-refractivity contribution in [3.05, 3.63) is 40.9 Å².